The molecule has 0 unspecified atom stereocenters. The molecule has 3 aromatic rings. The van der Waals surface area contributed by atoms with Gasteiger partial charge in [0.05, 0.1) is 7.11 Å². The van der Waals surface area contributed by atoms with Gasteiger partial charge in [0, 0.05) is 23.4 Å². The number of aryl methyl sites for hydroxylation is 1. The van der Waals surface area contributed by atoms with Gasteiger partial charge < -0.3 is 10.1 Å². The number of methoxy groups -OCH3 is 1. The zero-order valence-electron chi connectivity index (χ0n) is 17.2. The first kappa shape index (κ1) is 22.5. The molecule has 0 aliphatic rings. The first-order chi connectivity index (χ1) is 14.8. The molecule has 0 atom stereocenters. The summed E-state index contributed by atoms with van der Waals surface area (Å²) >= 11 is 0. The van der Waals surface area contributed by atoms with E-state index in [1.54, 1.807) is 36.4 Å². The first-order valence-electron chi connectivity index (χ1n) is 9.65. The van der Waals surface area contributed by atoms with Crippen LogP contribution in [0.5, 0.6) is 5.75 Å². The van der Waals surface area contributed by atoms with Crippen LogP contribution in [0.15, 0.2) is 71.6 Å². The van der Waals surface area contributed by atoms with Crippen LogP contribution in [0.25, 0.3) is 0 Å². The maximum Gasteiger partial charge on any atom is 0.255 e. The normalized spacial score (nSPS) is 11.2. The van der Waals surface area contributed by atoms with Crippen molar-refractivity contribution in [2.45, 2.75) is 24.8 Å². The van der Waals surface area contributed by atoms with E-state index in [-0.39, 0.29) is 12.1 Å². The fourth-order valence-electron chi connectivity index (χ4n) is 2.98. The maximum atomic E-state index is 14.3. The number of carbonyl (C=O) groups excluding carboxylic acids is 1. The van der Waals surface area contributed by atoms with Crippen LogP contribution in [0.4, 0.5) is 10.1 Å². The number of para-hydroxylation sites is 1. The van der Waals surface area contributed by atoms with Crippen molar-refractivity contribution in [2.24, 2.45) is 0 Å². The van der Waals surface area contributed by atoms with Crippen LogP contribution in [0.1, 0.15) is 28.4 Å². The quantitative estimate of drug-likeness (QED) is 0.549. The van der Waals surface area contributed by atoms with Crippen molar-refractivity contribution in [3.05, 3.63) is 89.2 Å². The number of sulfonamides is 1. The molecule has 0 spiro atoms. The lowest BCUT2D eigenvalue weighted by molar-refractivity contribution is 0.102. The van der Waals surface area contributed by atoms with E-state index < -0.39 is 26.6 Å². The lowest BCUT2D eigenvalue weighted by atomic mass is 10.1. The van der Waals surface area contributed by atoms with Gasteiger partial charge in [0.15, 0.2) is 0 Å². The van der Waals surface area contributed by atoms with Gasteiger partial charge >= 0.3 is 0 Å². The molecule has 0 fully saturated rings. The third kappa shape index (κ3) is 5.48. The summed E-state index contributed by atoms with van der Waals surface area (Å²) in [5.41, 5.74) is 2.30. The smallest absolute Gasteiger partial charge is 0.255 e. The fraction of sp³-hybridized carbons (Fsp3) is 0.174. The fourth-order valence-corrected chi connectivity index (χ4v) is 4.09. The molecule has 2 N–H and O–H groups in total. The number of amides is 1. The minimum absolute atomic E-state index is 0.0265. The zero-order chi connectivity index (χ0) is 22.4. The molecule has 3 aromatic carbocycles. The van der Waals surface area contributed by atoms with E-state index in [0.717, 1.165) is 24.1 Å². The summed E-state index contributed by atoms with van der Waals surface area (Å²) in [6.07, 6.45) is 0.870. The highest BCUT2D eigenvalue weighted by Crippen LogP contribution is 2.21. The molecule has 0 aliphatic heterocycles. The average Bonchev–Trinajstić information content (AvgIpc) is 2.78. The number of carbonyl (C=O) groups is 1. The number of benzene rings is 3. The second-order valence-electron chi connectivity index (χ2n) is 6.79. The Labute approximate surface area is 181 Å². The lowest BCUT2D eigenvalue weighted by Crippen LogP contribution is -2.25. The molecular formula is C23H23FN2O4S. The Morgan fingerprint density at radius 3 is 2.42 bits per heavy atom. The van der Waals surface area contributed by atoms with Gasteiger partial charge in [0.2, 0.25) is 10.0 Å². The topological polar surface area (TPSA) is 84.5 Å². The Bertz CT molecular complexity index is 1180. The van der Waals surface area contributed by atoms with Gasteiger partial charge in [-0.1, -0.05) is 37.3 Å². The van der Waals surface area contributed by atoms with Gasteiger partial charge in [-0.25, -0.2) is 17.5 Å². The Balaban J connectivity index is 1.79. The molecule has 0 bridgehead atoms. The molecule has 31 heavy (non-hydrogen) atoms. The van der Waals surface area contributed by atoms with Gasteiger partial charge in [-0.2, -0.15) is 0 Å². The number of anilines is 1. The molecule has 0 saturated heterocycles. The summed E-state index contributed by atoms with van der Waals surface area (Å²) in [6, 6.07) is 17.4. The summed E-state index contributed by atoms with van der Waals surface area (Å²) in [7, 11) is -2.74. The zero-order valence-corrected chi connectivity index (χ0v) is 18.0. The number of hydrogen-bond donors (Lipinski definition) is 2. The van der Waals surface area contributed by atoms with E-state index in [9.17, 15) is 17.6 Å². The Hall–Kier alpha value is -3.23. The molecular weight excluding hydrogens is 419 g/mol. The largest absolute Gasteiger partial charge is 0.496 e. The van der Waals surface area contributed by atoms with Gasteiger partial charge in [-0.3, -0.25) is 4.79 Å². The minimum Gasteiger partial charge on any atom is -0.496 e. The molecule has 1 amide bonds. The number of nitrogens with one attached hydrogen (secondary N) is 2. The standard InChI is InChI=1S/C23H23FN2O4S/c1-3-16-8-11-19(12-9-16)26-23(27)17-10-13-20(24)22(14-17)31(28,29)25-15-18-6-4-5-7-21(18)30-2/h4-14,25H,3,15H2,1-2H3,(H,26,27). The SMILES string of the molecule is CCc1ccc(NC(=O)c2ccc(F)c(S(=O)(=O)NCc3ccccc3OC)c2)cc1. The van der Waals surface area contributed by atoms with E-state index in [1.165, 1.54) is 13.2 Å². The second kappa shape index (κ2) is 9.72. The van der Waals surface area contributed by atoms with Crippen molar-refractivity contribution in [1.29, 1.82) is 0 Å². The summed E-state index contributed by atoms with van der Waals surface area (Å²) in [5.74, 6) is -0.977. The number of hydrogen-bond acceptors (Lipinski definition) is 4. The number of ether oxygens (including phenoxy) is 1. The monoisotopic (exact) mass is 442 g/mol. The van der Waals surface area contributed by atoms with Crippen molar-refractivity contribution >= 4 is 21.6 Å². The Kier molecular flexibility index (Phi) is 7.04. The first-order valence-corrected chi connectivity index (χ1v) is 11.1. The summed E-state index contributed by atoms with van der Waals surface area (Å²) in [6.45, 7) is 1.93. The number of halogens is 1. The minimum atomic E-state index is -4.21. The lowest BCUT2D eigenvalue weighted by Gasteiger charge is -2.12. The molecule has 0 heterocycles. The Morgan fingerprint density at radius 1 is 1.03 bits per heavy atom. The number of rotatable bonds is 8. The van der Waals surface area contributed by atoms with Crippen LogP contribution >= 0.6 is 0 Å². The van der Waals surface area contributed by atoms with E-state index in [0.29, 0.717) is 17.0 Å². The van der Waals surface area contributed by atoms with Crippen LogP contribution in [-0.4, -0.2) is 21.4 Å². The molecule has 0 radical (unpaired) electrons. The Morgan fingerprint density at radius 2 is 1.74 bits per heavy atom. The van der Waals surface area contributed by atoms with Gasteiger partial charge in [0.25, 0.3) is 5.91 Å². The molecule has 6 nitrogen and oxygen atoms in total. The van der Waals surface area contributed by atoms with Crippen molar-refractivity contribution in [2.75, 3.05) is 12.4 Å². The maximum absolute atomic E-state index is 14.3. The molecule has 8 heteroatoms. The molecule has 0 aliphatic carbocycles. The van der Waals surface area contributed by atoms with E-state index in [1.807, 2.05) is 19.1 Å². The molecule has 162 valence electrons. The van der Waals surface area contributed by atoms with Gasteiger partial charge in [-0.15, -0.1) is 0 Å². The van der Waals surface area contributed by atoms with Crippen molar-refractivity contribution < 1.29 is 22.3 Å². The third-order valence-electron chi connectivity index (χ3n) is 4.75. The van der Waals surface area contributed by atoms with Crippen LogP contribution in [0.3, 0.4) is 0 Å². The molecule has 3 rings (SSSR count). The van der Waals surface area contributed by atoms with E-state index >= 15 is 0 Å². The predicted octanol–water partition coefficient (Wildman–Crippen LogP) is 4.13. The highest BCUT2D eigenvalue weighted by atomic mass is 32.2. The van der Waals surface area contributed by atoms with E-state index in [2.05, 4.69) is 10.0 Å². The van der Waals surface area contributed by atoms with Crippen LogP contribution in [-0.2, 0) is 23.0 Å². The molecule has 0 saturated carbocycles. The van der Waals surface area contributed by atoms with Crippen molar-refractivity contribution in [3.63, 3.8) is 0 Å². The molecule has 0 aromatic heterocycles. The van der Waals surface area contributed by atoms with E-state index in [4.69, 9.17) is 4.74 Å². The second-order valence-corrected chi connectivity index (χ2v) is 8.52. The van der Waals surface area contributed by atoms with Crippen molar-refractivity contribution in [1.82, 2.24) is 4.72 Å². The van der Waals surface area contributed by atoms with Gasteiger partial charge in [-0.05, 0) is 48.4 Å². The summed E-state index contributed by atoms with van der Waals surface area (Å²) in [5, 5.41) is 2.69. The summed E-state index contributed by atoms with van der Waals surface area (Å²) < 4.78 is 47.3. The third-order valence-corrected chi connectivity index (χ3v) is 6.16. The van der Waals surface area contributed by atoms with Crippen LogP contribution < -0.4 is 14.8 Å². The highest BCUT2D eigenvalue weighted by molar-refractivity contribution is 7.89. The summed E-state index contributed by atoms with van der Waals surface area (Å²) in [4.78, 5) is 12.0. The van der Waals surface area contributed by atoms with Crippen LogP contribution in [0, 0.1) is 5.82 Å². The van der Waals surface area contributed by atoms with Crippen molar-refractivity contribution in [3.8, 4) is 5.75 Å². The predicted molar refractivity (Wildman–Crippen MR) is 117 cm³/mol. The van der Waals surface area contributed by atoms with Crippen LogP contribution in [0.2, 0.25) is 0 Å². The highest BCUT2D eigenvalue weighted by Gasteiger charge is 2.21. The average molecular weight is 443 g/mol. The van der Waals surface area contributed by atoms with Gasteiger partial charge in [0.1, 0.15) is 16.5 Å².